The zero-order valence-corrected chi connectivity index (χ0v) is 13.7. The van der Waals surface area contributed by atoms with Crippen molar-refractivity contribution in [1.29, 1.82) is 0 Å². The Kier molecular flexibility index (Phi) is 5.66. The van der Waals surface area contributed by atoms with Gasteiger partial charge in [-0.25, -0.2) is 9.97 Å². The van der Waals surface area contributed by atoms with Crippen molar-refractivity contribution in [2.45, 2.75) is 6.42 Å². The third-order valence-electron chi connectivity index (χ3n) is 3.55. The molecular formula is C19H19N5O. The van der Waals surface area contributed by atoms with Crippen LogP contribution in [0.5, 0.6) is 0 Å². The molecule has 6 heteroatoms. The van der Waals surface area contributed by atoms with Crippen molar-refractivity contribution < 1.29 is 4.79 Å². The summed E-state index contributed by atoms with van der Waals surface area (Å²) in [6.45, 7) is 1.07. The molecule has 0 fully saturated rings. The van der Waals surface area contributed by atoms with Gasteiger partial charge in [-0.15, -0.1) is 0 Å². The van der Waals surface area contributed by atoms with E-state index >= 15 is 0 Å². The van der Waals surface area contributed by atoms with Crippen LogP contribution in [-0.4, -0.2) is 33.9 Å². The van der Waals surface area contributed by atoms with Crippen molar-refractivity contribution >= 4 is 11.7 Å². The van der Waals surface area contributed by atoms with Gasteiger partial charge >= 0.3 is 0 Å². The number of nitrogens with one attached hydrogen (secondary N) is 2. The number of carbonyl (C=O) groups excluding carboxylic acids is 1. The van der Waals surface area contributed by atoms with Crippen molar-refractivity contribution in [3.05, 3.63) is 84.1 Å². The molecule has 0 unspecified atom stereocenters. The average molecular weight is 333 g/mol. The Balaban J connectivity index is 1.47. The maximum absolute atomic E-state index is 11.9. The summed E-state index contributed by atoms with van der Waals surface area (Å²) < 4.78 is 0. The zero-order valence-electron chi connectivity index (χ0n) is 13.7. The molecule has 0 aliphatic heterocycles. The van der Waals surface area contributed by atoms with E-state index in [4.69, 9.17) is 0 Å². The molecule has 0 bridgehead atoms. The van der Waals surface area contributed by atoms with E-state index in [0.29, 0.717) is 25.1 Å². The maximum atomic E-state index is 11.9. The summed E-state index contributed by atoms with van der Waals surface area (Å²) >= 11 is 0. The Labute approximate surface area is 146 Å². The van der Waals surface area contributed by atoms with E-state index in [0.717, 1.165) is 11.6 Å². The van der Waals surface area contributed by atoms with Crippen LogP contribution < -0.4 is 10.6 Å². The second-order valence-electron chi connectivity index (χ2n) is 5.44. The van der Waals surface area contributed by atoms with Gasteiger partial charge < -0.3 is 10.6 Å². The van der Waals surface area contributed by atoms with Crippen molar-refractivity contribution in [1.82, 2.24) is 20.3 Å². The summed E-state index contributed by atoms with van der Waals surface area (Å²) in [6, 6.07) is 15.4. The van der Waals surface area contributed by atoms with E-state index in [9.17, 15) is 4.79 Å². The van der Waals surface area contributed by atoms with Crippen molar-refractivity contribution in [3.8, 4) is 0 Å². The van der Waals surface area contributed by atoms with Gasteiger partial charge in [-0.05, 0) is 23.8 Å². The zero-order chi connectivity index (χ0) is 17.3. The highest BCUT2D eigenvalue weighted by molar-refractivity contribution is 5.93. The monoisotopic (exact) mass is 333 g/mol. The molecule has 6 nitrogen and oxygen atoms in total. The Bertz CT molecular complexity index is 808. The highest BCUT2D eigenvalue weighted by atomic mass is 16.1. The van der Waals surface area contributed by atoms with Crippen LogP contribution in [0.4, 0.5) is 5.82 Å². The predicted octanol–water partition coefficient (Wildman–Crippen LogP) is 2.30. The molecule has 2 aromatic heterocycles. The van der Waals surface area contributed by atoms with Crippen LogP contribution >= 0.6 is 0 Å². The highest BCUT2D eigenvalue weighted by Gasteiger charge is 2.04. The molecular weight excluding hydrogens is 314 g/mol. The first-order chi connectivity index (χ1) is 12.3. The lowest BCUT2D eigenvalue weighted by Gasteiger charge is -2.08. The lowest BCUT2D eigenvalue weighted by Crippen LogP contribution is -2.29. The van der Waals surface area contributed by atoms with E-state index in [2.05, 4.69) is 37.7 Å². The second-order valence-corrected chi connectivity index (χ2v) is 5.44. The minimum Gasteiger partial charge on any atom is -0.368 e. The van der Waals surface area contributed by atoms with Crippen LogP contribution in [0, 0.1) is 0 Å². The third-order valence-corrected chi connectivity index (χ3v) is 3.55. The first-order valence-corrected chi connectivity index (χ1v) is 8.09. The van der Waals surface area contributed by atoms with Gasteiger partial charge in [0, 0.05) is 38.1 Å². The molecule has 25 heavy (non-hydrogen) atoms. The van der Waals surface area contributed by atoms with E-state index in [1.165, 1.54) is 5.56 Å². The first kappa shape index (κ1) is 16.6. The van der Waals surface area contributed by atoms with Crippen LogP contribution in [0.1, 0.15) is 21.7 Å². The minimum atomic E-state index is -0.137. The molecule has 0 saturated heterocycles. The second kappa shape index (κ2) is 8.54. The smallest absolute Gasteiger partial charge is 0.252 e. The van der Waals surface area contributed by atoms with Crippen LogP contribution in [0.15, 0.2) is 67.1 Å². The quantitative estimate of drug-likeness (QED) is 0.649. The fourth-order valence-corrected chi connectivity index (χ4v) is 2.33. The van der Waals surface area contributed by atoms with E-state index in [1.54, 1.807) is 30.7 Å². The standard InChI is InChI=1S/C19H19N5O/c25-19(16-7-4-9-20-14-16)23-12-11-22-17-8-10-21-18(24-17)13-15-5-2-1-3-6-15/h1-10,14H,11-13H2,(H,23,25)(H,21,22,24). The molecule has 0 radical (unpaired) electrons. The van der Waals surface area contributed by atoms with Gasteiger partial charge in [0.25, 0.3) is 5.91 Å². The van der Waals surface area contributed by atoms with Crippen LogP contribution in [0.3, 0.4) is 0 Å². The van der Waals surface area contributed by atoms with Crippen molar-refractivity contribution in [3.63, 3.8) is 0 Å². The molecule has 1 aromatic carbocycles. The lowest BCUT2D eigenvalue weighted by molar-refractivity contribution is 0.0955. The van der Waals surface area contributed by atoms with E-state index in [1.807, 2.05) is 24.3 Å². The summed E-state index contributed by atoms with van der Waals surface area (Å²) in [5.74, 6) is 1.37. The van der Waals surface area contributed by atoms with E-state index < -0.39 is 0 Å². The number of amides is 1. The average Bonchev–Trinajstić information content (AvgIpc) is 2.67. The predicted molar refractivity (Wildman–Crippen MR) is 96.3 cm³/mol. The largest absolute Gasteiger partial charge is 0.368 e. The summed E-state index contributed by atoms with van der Waals surface area (Å²) in [5, 5.41) is 6.04. The van der Waals surface area contributed by atoms with E-state index in [-0.39, 0.29) is 5.91 Å². The third kappa shape index (κ3) is 5.10. The van der Waals surface area contributed by atoms with Gasteiger partial charge in [-0.2, -0.15) is 0 Å². The number of anilines is 1. The normalized spacial score (nSPS) is 10.2. The number of benzene rings is 1. The van der Waals surface area contributed by atoms with Gasteiger partial charge in [-0.3, -0.25) is 9.78 Å². The summed E-state index contributed by atoms with van der Waals surface area (Å²) in [7, 11) is 0. The molecule has 3 aromatic rings. The van der Waals surface area contributed by atoms with Crippen molar-refractivity contribution in [2.75, 3.05) is 18.4 Å². The Morgan fingerprint density at radius 1 is 0.960 bits per heavy atom. The molecule has 0 atom stereocenters. The molecule has 0 aliphatic carbocycles. The first-order valence-electron chi connectivity index (χ1n) is 8.09. The van der Waals surface area contributed by atoms with Crippen LogP contribution in [-0.2, 0) is 6.42 Å². The van der Waals surface area contributed by atoms with Gasteiger partial charge in [0.1, 0.15) is 11.6 Å². The number of nitrogens with zero attached hydrogens (tertiary/aromatic N) is 3. The molecule has 1 amide bonds. The molecule has 0 aliphatic rings. The highest BCUT2D eigenvalue weighted by Crippen LogP contribution is 2.07. The number of pyridine rings is 1. The van der Waals surface area contributed by atoms with Gasteiger partial charge in [0.2, 0.25) is 0 Å². The fourth-order valence-electron chi connectivity index (χ4n) is 2.33. The number of hydrogen-bond acceptors (Lipinski definition) is 5. The number of rotatable bonds is 7. The topological polar surface area (TPSA) is 79.8 Å². The fraction of sp³-hybridized carbons (Fsp3) is 0.158. The Hall–Kier alpha value is -3.28. The summed E-state index contributed by atoms with van der Waals surface area (Å²) in [4.78, 5) is 24.6. The number of carbonyl (C=O) groups is 1. The lowest BCUT2D eigenvalue weighted by atomic mass is 10.1. The molecule has 2 N–H and O–H groups in total. The van der Waals surface area contributed by atoms with Gasteiger partial charge in [-0.1, -0.05) is 30.3 Å². The van der Waals surface area contributed by atoms with Gasteiger partial charge in [0.15, 0.2) is 0 Å². The van der Waals surface area contributed by atoms with Crippen LogP contribution in [0.2, 0.25) is 0 Å². The summed E-state index contributed by atoms with van der Waals surface area (Å²) in [5.41, 5.74) is 1.72. The molecule has 2 heterocycles. The minimum absolute atomic E-state index is 0.137. The molecule has 3 rings (SSSR count). The Morgan fingerprint density at radius 3 is 2.64 bits per heavy atom. The van der Waals surface area contributed by atoms with Gasteiger partial charge in [0.05, 0.1) is 5.56 Å². The number of hydrogen-bond donors (Lipinski definition) is 2. The summed E-state index contributed by atoms with van der Waals surface area (Å²) in [6.07, 6.45) is 5.61. The van der Waals surface area contributed by atoms with Crippen molar-refractivity contribution in [2.24, 2.45) is 0 Å². The molecule has 126 valence electrons. The molecule has 0 saturated carbocycles. The number of aromatic nitrogens is 3. The molecule has 0 spiro atoms. The van der Waals surface area contributed by atoms with Crippen LogP contribution in [0.25, 0.3) is 0 Å². The Morgan fingerprint density at radius 2 is 1.84 bits per heavy atom. The maximum Gasteiger partial charge on any atom is 0.252 e. The SMILES string of the molecule is O=C(NCCNc1ccnc(Cc2ccccc2)n1)c1cccnc1.